The van der Waals surface area contributed by atoms with Gasteiger partial charge in [-0.2, -0.15) is 0 Å². The second kappa shape index (κ2) is 6.97. The van der Waals surface area contributed by atoms with E-state index < -0.39 is 12.0 Å². The summed E-state index contributed by atoms with van der Waals surface area (Å²) in [6, 6.07) is 8.73. The number of rotatable bonds is 7. The number of methoxy groups -OCH3 is 1. The number of carbonyl (C=O) groups is 1. The highest BCUT2D eigenvalue weighted by Crippen LogP contribution is 2.18. The Kier molecular flexibility index (Phi) is 5.03. The minimum atomic E-state index is -0.919. The van der Waals surface area contributed by atoms with Crippen LogP contribution in [0.25, 0.3) is 0 Å². The first-order valence-corrected chi connectivity index (χ1v) is 6.85. The minimum Gasteiger partial charge on any atom is -0.480 e. The highest BCUT2D eigenvalue weighted by atomic mass is 32.1. The zero-order chi connectivity index (χ0) is 14.4. The molecule has 0 aliphatic heterocycles. The molecule has 1 heterocycles. The molecule has 1 atom stereocenters. The summed E-state index contributed by atoms with van der Waals surface area (Å²) in [5.41, 5.74) is 0.953. The van der Waals surface area contributed by atoms with Gasteiger partial charge in [-0.25, -0.2) is 4.79 Å². The van der Waals surface area contributed by atoms with Crippen molar-refractivity contribution in [2.75, 3.05) is 12.4 Å². The molecule has 0 spiro atoms. The number of nitrogens with one attached hydrogen (secondary N) is 1. The maximum Gasteiger partial charge on any atom is 0.326 e. The largest absolute Gasteiger partial charge is 0.480 e. The van der Waals surface area contributed by atoms with Crippen LogP contribution in [0.15, 0.2) is 30.3 Å². The number of benzene rings is 1. The van der Waals surface area contributed by atoms with Gasteiger partial charge in [0, 0.05) is 13.5 Å². The van der Waals surface area contributed by atoms with Crippen LogP contribution in [0.2, 0.25) is 0 Å². The quantitative estimate of drug-likeness (QED) is 0.809. The summed E-state index contributed by atoms with van der Waals surface area (Å²) in [5, 5.41) is 21.2. The van der Waals surface area contributed by atoms with Gasteiger partial charge in [0.2, 0.25) is 5.13 Å². The number of hydrogen-bond donors (Lipinski definition) is 2. The lowest BCUT2D eigenvalue weighted by Crippen LogP contribution is -2.31. The van der Waals surface area contributed by atoms with Crippen molar-refractivity contribution in [2.45, 2.75) is 19.1 Å². The topological polar surface area (TPSA) is 84.3 Å². The Morgan fingerprint density at radius 3 is 2.80 bits per heavy atom. The molecule has 106 valence electrons. The Labute approximate surface area is 120 Å². The normalized spacial score (nSPS) is 12.1. The van der Waals surface area contributed by atoms with E-state index in [-0.39, 0.29) is 0 Å². The van der Waals surface area contributed by atoms with Crippen molar-refractivity contribution in [3.8, 4) is 0 Å². The fourth-order valence-electron chi connectivity index (χ4n) is 1.69. The number of aromatic nitrogens is 2. The molecule has 0 saturated heterocycles. The van der Waals surface area contributed by atoms with E-state index in [0.29, 0.717) is 23.2 Å². The van der Waals surface area contributed by atoms with E-state index in [1.54, 1.807) is 7.11 Å². The van der Waals surface area contributed by atoms with Crippen LogP contribution in [0.1, 0.15) is 10.6 Å². The van der Waals surface area contributed by atoms with Crippen LogP contribution in [0.4, 0.5) is 5.13 Å². The van der Waals surface area contributed by atoms with Gasteiger partial charge < -0.3 is 15.2 Å². The molecule has 1 aromatic carbocycles. The van der Waals surface area contributed by atoms with Crippen molar-refractivity contribution >= 4 is 22.4 Å². The lowest BCUT2D eigenvalue weighted by molar-refractivity contribution is -0.137. The molecule has 20 heavy (non-hydrogen) atoms. The molecule has 2 rings (SSSR count). The third kappa shape index (κ3) is 4.01. The van der Waals surface area contributed by atoms with E-state index in [9.17, 15) is 9.90 Å². The summed E-state index contributed by atoms with van der Waals surface area (Å²) in [4.78, 5) is 11.3. The van der Waals surface area contributed by atoms with Gasteiger partial charge in [0.25, 0.3) is 0 Å². The van der Waals surface area contributed by atoms with E-state index in [1.807, 2.05) is 30.3 Å². The van der Waals surface area contributed by atoms with Crippen molar-refractivity contribution in [2.24, 2.45) is 0 Å². The van der Waals surface area contributed by atoms with Gasteiger partial charge in [0.05, 0.1) is 0 Å². The molecule has 2 N–H and O–H groups in total. The van der Waals surface area contributed by atoms with E-state index in [2.05, 4.69) is 15.5 Å². The summed E-state index contributed by atoms with van der Waals surface area (Å²) >= 11 is 1.29. The highest BCUT2D eigenvalue weighted by Gasteiger charge is 2.19. The molecule has 0 amide bonds. The van der Waals surface area contributed by atoms with Crippen LogP contribution in [-0.4, -0.2) is 34.4 Å². The fourth-order valence-corrected chi connectivity index (χ4v) is 2.46. The van der Waals surface area contributed by atoms with E-state index >= 15 is 0 Å². The lowest BCUT2D eigenvalue weighted by atomic mass is 10.1. The predicted molar refractivity (Wildman–Crippen MR) is 75.8 cm³/mol. The van der Waals surface area contributed by atoms with Crippen molar-refractivity contribution < 1.29 is 14.6 Å². The summed E-state index contributed by atoms with van der Waals surface area (Å²) in [6.07, 6.45) is 0.384. The Morgan fingerprint density at radius 1 is 1.40 bits per heavy atom. The molecule has 0 saturated carbocycles. The van der Waals surface area contributed by atoms with E-state index in [0.717, 1.165) is 5.56 Å². The van der Waals surface area contributed by atoms with Crippen LogP contribution >= 0.6 is 11.3 Å². The Balaban J connectivity index is 2.03. The molecule has 0 radical (unpaired) electrons. The molecule has 2 aromatic rings. The maximum absolute atomic E-state index is 11.3. The van der Waals surface area contributed by atoms with Crippen LogP contribution in [0.5, 0.6) is 0 Å². The van der Waals surface area contributed by atoms with Gasteiger partial charge in [0.15, 0.2) is 0 Å². The van der Waals surface area contributed by atoms with Crippen LogP contribution in [-0.2, 0) is 22.6 Å². The van der Waals surface area contributed by atoms with Crippen LogP contribution in [0.3, 0.4) is 0 Å². The molecule has 0 unspecified atom stereocenters. The number of aliphatic carboxylic acids is 1. The number of hydrogen-bond acceptors (Lipinski definition) is 6. The molecular formula is C13H15N3O3S. The molecule has 1 aromatic heterocycles. The molecule has 6 nitrogen and oxygen atoms in total. The van der Waals surface area contributed by atoms with Crippen LogP contribution in [0, 0.1) is 0 Å². The zero-order valence-corrected chi connectivity index (χ0v) is 11.8. The maximum atomic E-state index is 11.3. The predicted octanol–water partition coefficient (Wildman–Crippen LogP) is 1.79. The first-order chi connectivity index (χ1) is 9.69. The van der Waals surface area contributed by atoms with Crippen molar-refractivity contribution in [3.05, 3.63) is 40.9 Å². The monoisotopic (exact) mass is 293 g/mol. The first kappa shape index (κ1) is 14.4. The second-order valence-electron chi connectivity index (χ2n) is 4.16. The molecule has 0 bridgehead atoms. The Bertz CT molecular complexity index is 559. The number of anilines is 1. The van der Waals surface area contributed by atoms with Gasteiger partial charge >= 0.3 is 5.97 Å². The van der Waals surface area contributed by atoms with Crippen LogP contribution < -0.4 is 5.32 Å². The lowest BCUT2D eigenvalue weighted by Gasteiger charge is -2.13. The van der Waals surface area contributed by atoms with Gasteiger partial charge in [-0.15, -0.1) is 10.2 Å². The molecule has 0 aliphatic carbocycles. The zero-order valence-electron chi connectivity index (χ0n) is 10.9. The standard InChI is InChI=1S/C13H15N3O3S/c1-19-8-11-15-16-13(20-11)14-10(12(17)18)7-9-5-3-2-4-6-9/h2-6,10H,7-8H2,1H3,(H,14,16)(H,17,18)/t10-/m0/s1. The number of carboxylic acid groups (broad SMARTS) is 1. The van der Waals surface area contributed by atoms with Crippen molar-refractivity contribution in [1.82, 2.24) is 10.2 Å². The summed E-state index contributed by atoms with van der Waals surface area (Å²) < 4.78 is 4.95. The van der Waals surface area contributed by atoms with Crippen molar-refractivity contribution in [3.63, 3.8) is 0 Å². The molecule has 0 aliphatic rings. The number of nitrogens with zero attached hydrogens (tertiary/aromatic N) is 2. The number of ether oxygens (including phenoxy) is 1. The first-order valence-electron chi connectivity index (χ1n) is 6.03. The summed E-state index contributed by atoms with van der Waals surface area (Å²) in [6.45, 7) is 0.371. The van der Waals surface area contributed by atoms with E-state index in [4.69, 9.17) is 4.74 Å². The summed E-state index contributed by atoms with van der Waals surface area (Å²) in [7, 11) is 1.57. The smallest absolute Gasteiger partial charge is 0.326 e. The van der Waals surface area contributed by atoms with Gasteiger partial charge in [-0.05, 0) is 5.56 Å². The molecule has 7 heteroatoms. The molecular weight excluding hydrogens is 278 g/mol. The van der Waals surface area contributed by atoms with E-state index in [1.165, 1.54) is 11.3 Å². The summed E-state index contributed by atoms with van der Waals surface area (Å²) in [5.74, 6) is -0.919. The fraction of sp³-hybridized carbons (Fsp3) is 0.308. The third-order valence-electron chi connectivity index (χ3n) is 2.61. The third-order valence-corrected chi connectivity index (χ3v) is 3.44. The van der Waals surface area contributed by atoms with Crippen molar-refractivity contribution in [1.29, 1.82) is 0 Å². The average molecular weight is 293 g/mol. The highest BCUT2D eigenvalue weighted by molar-refractivity contribution is 7.15. The van der Waals surface area contributed by atoms with Gasteiger partial charge in [-0.1, -0.05) is 41.7 Å². The average Bonchev–Trinajstić information content (AvgIpc) is 2.87. The SMILES string of the molecule is COCc1nnc(N[C@@H](Cc2ccccc2)C(=O)O)s1. The minimum absolute atomic E-state index is 0.371. The second-order valence-corrected chi connectivity index (χ2v) is 5.22. The number of carboxylic acids is 1. The Hall–Kier alpha value is -1.99. The van der Waals surface area contributed by atoms with Gasteiger partial charge in [-0.3, -0.25) is 0 Å². The Morgan fingerprint density at radius 2 is 2.15 bits per heavy atom. The van der Waals surface area contributed by atoms with Gasteiger partial charge in [0.1, 0.15) is 17.7 Å². The molecule has 0 fully saturated rings.